The standard InChI is InChI=1S/C113H121BN4/c1-107(2,3)66-73-34-30-38-80(54-73)90-58-77(70-111(13,14)15)59-91(81-39-31-35-74(55-81)67-108(4,5)6)105(90)117-100-64-84(115-96-46-26-22-42-86(96)87-43-23-27-47-97(87)115)50-52-94(100)114-95-53-51-85(116-98-48-28-24-44-88(98)89-45-25-29-49-99(89)116)65-101(95)118(103-63-79(72-113(19,20)21)62-102(117)104(103)114)106-92(82-40-32-36-75(56-82)68-109(7,8)9)60-78(71-112(16,17)18)61-93(106)83-41-33-37-76(57-83)69-110(10,11)12/h22-65H,66-72H2,1-21H3/i22D,23D,24D,25D,26D,27D,28D,29D,42D,43D,44D,45D,46D,47D,48D,49D,72D2. The minimum absolute atomic E-state index is 0.0862. The Morgan fingerprint density at radius 1 is 0.271 bits per heavy atom. The van der Waals surface area contributed by atoms with Crippen molar-refractivity contribution in [3.8, 4) is 55.9 Å². The van der Waals surface area contributed by atoms with Crippen LogP contribution in [0.5, 0.6) is 0 Å². The van der Waals surface area contributed by atoms with E-state index in [9.17, 15) is 24.7 Å². The second-order valence-electron chi connectivity index (χ2n) is 41.8. The molecule has 2 aliphatic rings. The monoisotopic (exact) mass is 1560 g/mol. The molecule has 0 fully saturated rings. The van der Waals surface area contributed by atoms with Gasteiger partial charge in [-0.3, -0.25) is 0 Å². The van der Waals surface area contributed by atoms with E-state index in [1.807, 2.05) is 69.3 Å². The van der Waals surface area contributed by atoms with E-state index in [1.54, 1.807) is 9.13 Å². The van der Waals surface area contributed by atoms with Crippen molar-refractivity contribution in [1.29, 1.82) is 0 Å². The Hall–Kier alpha value is -10.9. The summed E-state index contributed by atoms with van der Waals surface area (Å²) in [4.78, 5) is 4.59. The molecule has 17 rings (SSSR count). The quantitative estimate of drug-likeness (QED) is 0.0951. The van der Waals surface area contributed by atoms with Crippen LogP contribution >= 0.6 is 0 Å². The van der Waals surface area contributed by atoms with Crippen molar-refractivity contribution in [1.82, 2.24) is 9.13 Å². The van der Waals surface area contributed by atoms with Gasteiger partial charge in [-0.15, -0.1) is 0 Å². The van der Waals surface area contributed by atoms with E-state index in [0.29, 0.717) is 83.6 Å². The number of aromatic nitrogens is 2. The van der Waals surface area contributed by atoms with E-state index < -0.39 is 115 Å². The molecule has 2 aromatic heterocycles. The molecule has 13 aromatic carbocycles. The molecule has 2 aliphatic heterocycles. The molecule has 0 radical (unpaired) electrons. The molecular weight excluding hydrogens is 1420 g/mol. The Morgan fingerprint density at radius 2 is 0.542 bits per heavy atom. The number of hydrogen-bond donors (Lipinski definition) is 0. The SMILES string of the molecule is [2H]c1c([2H])c([2H])c2c(c1[2H])c1c([2H])c([2H])c([2H])c([2H])c1n2-c1ccc2c(c1)N(c1c(-c3cccc(CC(C)(C)C)c3)cc(CC(C)(C)C)cc1-c1cccc(CC(C)(C)C)c1)c1cc(C([2H])([2H])C(C)(C)C)cc3c1B2c1ccc(-n2c4c([2H])c([2H])c([2H])c([2H])c4c4c([2H])c([2H])c([2H])c([2H])c42)cc1N3c1c(-c2cccc(CC(C)(C)C)c2)cc(CC(C)(C)C)cc1-c1cccc(CC(C)(C)C)c1. The summed E-state index contributed by atoms with van der Waals surface area (Å²) in [5.74, 6) is 0. The number of rotatable bonds is 15. The molecule has 0 atom stereocenters. The number of para-hydroxylation sites is 4. The Balaban J connectivity index is 1.16. The molecule has 0 saturated heterocycles. The summed E-state index contributed by atoms with van der Waals surface area (Å²) >= 11 is 0. The second-order valence-corrected chi connectivity index (χ2v) is 41.8. The summed E-state index contributed by atoms with van der Waals surface area (Å²) in [5.41, 5.74) is 16.9. The van der Waals surface area contributed by atoms with Crippen LogP contribution in [0.15, 0.2) is 267 Å². The van der Waals surface area contributed by atoms with Crippen LogP contribution in [0.25, 0.3) is 99.5 Å². The molecule has 0 spiro atoms. The molecule has 0 unspecified atom stereocenters. The molecule has 0 amide bonds. The summed E-state index contributed by atoms with van der Waals surface area (Å²) in [6, 6.07) is 51.4. The normalized spacial score (nSPS) is 15.8. The third-order valence-corrected chi connectivity index (χ3v) is 22.3. The molecule has 0 saturated carbocycles. The van der Waals surface area contributed by atoms with Gasteiger partial charge < -0.3 is 18.9 Å². The maximum atomic E-state index is 11.2. The summed E-state index contributed by atoms with van der Waals surface area (Å²) in [7, 11) is 0. The summed E-state index contributed by atoms with van der Waals surface area (Å²) in [6.07, 6.45) is 1.87. The minimum Gasteiger partial charge on any atom is -0.310 e. The maximum Gasteiger partial charge on any atom is 0.252 e. The Labute approximate surface area is 730 Å². The third kappa shape index (κ3) is 16.1. The van der Waals surface area contributed by atoms with Crippen molar-refractivity contribution in [3.05, 3.63) is 305 Å². The highest BCUT2D eigenvalue weighted by Crippen LogP contribution is 2.56. The molecule has 4 nitrogen and oxygen atoms in total. The van der Waals surface area contributed by atoms with E-state index in [-0.39, 0.29) is 93.0 Å². The molecular formula is C113H121BN4. The largest absolute Gasteiger partial charge is 0.310 e. The van der Waals surface area contributed by atoms with Crippen LogP contribution in [-0.4, -0.2) is 15.8 Å². The molecule has 0 N–H and O–H groups in total. The lowest BCUT2D eigenvalue weighted by Crippen LogP contribution is -2.61. The fraction of sp³-hybridized carbons (Fsp3) is 0.310. The lowest BCUT2D eigenvalue weighted by Gasteiger charge is -2.46. The predicted octanol–water partition coefficient (Wildman–Crippen LogP) is 29.8. The highest BCUT2D eigenvalue weighted by molar-refractivity contribution is 7.00. The number of anilines is 6. The van der Waals surface area contributed by atoms with Crippen LogP contribution in [-0.2, 0) is 44.9 Å². The van der Waals surface area contributed by atoms with Gasteiger partial charge in [0.1, 0.15) is 0 Å². The van der Waals surface area contributed by atoms with Gasteiger partial charge in [-0.1, -0.05) is 327 Å². The van der Waals surface area contributed by atoms with Crippen molar-refractivity contribution < 1.29 is 24.7 Å². The first-order valence-corrected chi connectivity index (χ1v) is 42.0. The second kappa shape index (κ2) is 29.6. The molecule has 0 aliphatic carbocycles. The zero-order valence-corrected chi connectivity index (χ0v) is 72.8. The smallest absolute Gasteiger partial charge is 0.252 e. The first-order valence-electron chi connectivity index (χ1n) is 51.0. The van der Waals surface area contributed by atoms with Gasteiger partial charge in [-0.25, -0.2) is 0 Å². The lowest BCUT2D eigenvalue weighted by molar-refractivity contribution is 0.410. The summed E-state index contributed by atoms with van der Waals surface area (Å²) in [6.45, 7) is 45.0. The highest BCUT2D eigenvalue weighted by Gasteiger charge is 2.47. The Morgan fingerprint density at radius 3 is 0.814 bits per heavy atom. The van der Waals surface area contributed by atoms with E-state index >= 15 is 0 Å². The van der Waals surface area contributed by atoms with Gasteiger partial charge in [0.15, 0.2) is 0 Å². The third-order valence-electron chi connectivity index (χ3n) is 22.3. The van der Waals surface area contributed by atoms with Crippen molar-refractivity contribution in [2.24, 2.45) is 37.9 Å². The van der Waals surface area contributed by atoms with E-state index in [1.165, 1.54) is 0 Å². The lowest BCUT2D eigenvalue weighted by atomic mass is 9.33. The van der Waals surface area contributed by atoms with Crippen LogP contribution in [0, 0.1) is 37.9 Å². The van der Waals surface area contributed by atoms with Crippen molar-refractivity contribution in [3.63, 3.8) is 0 Å². The molecule has 596 valence electrons. The average Bonchev–Trinajstić information content (AvgIpc) is 1.33. The van der Waals surface area contributed by atoms with E-state index in [4.69, 9.17) is 0 Å². The van der Waals surface area contributed by atoms with Crippen LogP contribution < -0.4 is 26.2 Å². The van der Waals surface area contributed by atoms with Gasteiger partial charge in [0, 0.05) is 80.7 Å². The first-order chi connectivity index (χ1) is 63.2. The Kier molecular flexibility index (Phi) is 15.2. The van der Waals surface area contributed by atoms with Crippen LogP contribution in [0.2, 0.25) is 0 Å². The number of hydrogen-bond acceptors (Lipinski definition) is 2. The van der Waals surface area contributed by atoms with Gasteiger partial charge in [0.05, 0.1) is 55.4 Å². The summed E-state index contributed by atoms with van der Waals surface area (Å²) < 4.78 is 180. The minimum atomic E-state index is -2.24. The Bertz CT molecular complexity index is 6790. The maximum absolute atomic E-state index is 11.2. The molecule has 15 aromatic rings. The number of benzene rings is 13. The topological polar surface area (TPSA) is 16.3 Å². The molecule has 4 heterocycles. The highest BCUT2D eigenvalue weighted by atomic mass is 15.2. The number of fused-ring (bicyclic) bond motifs is 10. The van der Waals surface area contributed by atoms with E-state index in [0.717, 1.165) is 83.4 Å². The predicted molar refractivity (Wildman–Crippen MR) is 513 cm³/mol. The van der Waals surface area contributed by atoms with Gasteiger partial charge in [0.2, 0.25) is 0 Å². The van der Waals surface area contributed by atoms with Crippen molar-refractivity contribution >= 4 is 101 Å². The van der Waals surface area contributed by atoms with E-state index in [2.05, 4.69) is 256 Å². The average molecular weight is 1560 g/mol. The summed E-state index contributed by atoms with van der Waals surface area (Å²) in [5, 5.41) is -0.410. The fourth-order valence-corrected chi connectivity index (χ4v) is 18.6. The molecule has 5 heteroatoms. The zero-order valence-electron chi connectivity index (χ0n) is 90.8. The van der Waals surface area contributed by atoms with Crippen LogP contribution in [0.4, 0.5) is 34.1 Å². The number of nitrogens with zero attached hydrogens (tertiary/aromatic N) is 4. The van der Waals surface area contributed by atoms with Crippen molar-refractivity contribution in [2.45, 2.75) is 190 Å². The first kappa shape index (κ1) is 60.6. The van der Waals surface area contributed by atoms with Gasteiger partial charge in [0.25, 0.3) is 6.71 Å². The van der Waals surface area contributed by atoms with Crippen LogP contribution in [0.1, 0.15) is 209 Å². The van der Waals surface area contributed by atoms with Gasteiger partial charge in [-0.2, -0.15) is 0 Å². The van der Waals surface area contributed by atoms with Crippen LogP contribution in [0.3, 0.4) is 0 Å². The molecule has 0 bridgehead atoms. The van der Waals surface area contributed by atoms with Gasteiger partial charge in [-0.05, 0) is 245 Å². The zero-order chi connectivity index (χ0) is 98.8. The van der Waals surface area contributed by atoms with Gasteiger partial charge >= 0.3 is 0 Å². The fourth-order valence-electron chi connectivity index (χ4n) is 18.6. The molecule has 118 heavy (non-hydrogen) atoms. The van der Waals surface area contributed by atoms with Crippen molar-refractivity contribution in [2.75, 3.05) is 9.80 Å².